The number of nitrogens with zero attached hydrogens (tertiary/aromatic N) is 5. The Morgan fingerprint density at radius 2 is 1.58 bits per heavy atom. The molecule has 0 bridgehead atoms. The van der Waals surface area contributed by atoms with Gasteiger partial charge in [0.2, 0.25) is 10.0 Å². The van der Waals surface area contributed by atoms with E-state index in [2.05, 4.69) is 21.9 Å². The molecule has 1 aliphatic rings. The summed E-state index contributed by atoms with van der Waals surface area (Å²) < 4.78 is 31.3. The molecule has 3 aromatic rings. The minimum Gasteiger partial charge on any atom is -0.308 e. The van der Waals surface area contributed by atoms with Gasteiger partial charge in [0.1, 0.15) is 11.2 Å². The molecule has 10 heteroatoms. The molecule has 0 spiro atoms. The van der Waals surface area contributed by atoms with Crippen LogP contribution in [0.2, 0.25) is 0 Å². The number of piperazine rings is 1. The number of hydrogen-bond acceptors (Lipinski definition) is 6. The van der Waals surface area contributed by atoms with Gasteiger partial charge < -0.3 is 9.88 Å². The van der Waals surface area contributed by atoms with Crippen molar-refractivity contribution in [2.75, 3.05) is 33.2 Å². The lowest BCUT2D eigenvalue weighted by molar-refractivity contribution is 0.221. The average Bonchev–Trinajstić information content (AvgIpc) is 3.22. The first-order valence-electron chi connectivity index (χ1n) is 14.0. The van der Waals surface area contributed by atoms with Gasteiger partial charge in [-0.1, -0.05) is 82.2 Å². The zero-order valence-corrected chi connectivity index (χ0v) is 23.8. The van der Waals surface area contributed by atoms with Crippen molar-refractivity contribution in [3.05, 3.63) is 57.8 Å². The minimum absolute atomic E-state index is 0.143. The number of hydrogen-bond donors (Lipinski definition) is 1. The molecule has 3 heterocycles. The first-order chi connectivity index (χ1) is 18.3. The molecule has 0 radical (unpaired) electrons. The second-order valence-corrected chi connectivity index (χ2v) is 12.5. The average molecular weight is 543 g/mol. The van der Waals surface area contributed by atoms with E-state index in [4.69, 9.17) is 4.98 Å². The minimum atomic E-state index is -3.83. The van der Waals surface area contributed by atoms with E-state index in [1.165, 1.54) is 42.8 Å². The van der Waals surface area contributed by atoms with Crippen molar-refractivity contribution in [3.8, 4) is 0 Å². The molecule has 4 rings (SSSR count). The second-order valence-electron chi connectivity index (χ2n) is 10.5. The van der Waals surface area contributed by atoms with Crippen LogP contribution in [0.4, 0.5) is 0 Å². The molecule has 0 saturated carbocycles. The summed E-state index contributed by atoms with van der Waals surface area (Å²) in [6, 6.07) is 9.05. The van der Waals surface area contributed by atoms with Gasteiger partial charge in [0, 0.05) is 32.7 Å². The third kappa shape index (κ3) is 6.52. The maximum Gasteiger partial charge on any atom is 0.262 e. The number of rotatable bonds is 13. The number of aryl methyl sites for hydroxylation is 2. The summed E-state index contributed by atoms with van der Waals surface area (Å²) in [6.07, 6.45) is 9.58. The van der Waals surface area contributed by atoms with E-state index < -0.39 is 15.3 Å². The maximum absolute atomic E-state index is 14.0. The van der Waals surface area contributed by atoms with Crippen LogP contribution in [0.1, 0.15) is 80.6 Å². The number of fused-ring (bicyclic) bond motifs is 1. The topological polar surface area (TPSA) is 104 Å². The van der Waals surface area contributed by atoms with Crippen LogP contribution in [0.25, 0.3) is 11.0 Å². The van der Waals surface area contributed by atoms with E-state index in [9.17, 15) is 13.2 Å². The smallest absolute Gasteiger partial charge is 0.262 e. The van der Waals surface area contributed by atoms with Gasteiger partial charge in [-0.2, -0.15) is 9.40 Å². The summed E-state index contributed by atoms with van der Waals surface area (Å²) in [5.41, 5.74) is 1.30. The van der Waals surface area contributed by atoms with Crippen LogP contribution >= 0.6 is 0 Å². The van der Waals surface area contributed by atoms with Gasteiger partial charge in [-0.15, -0.1) is 0 Å². The number of nitrogens with one attached hydrogen (secondary N) is 1. The molecule has 1 aliphatic heterocycles. The van der Waals surface area contributed by atoms with Gasteiger partial charge in [0.15, 0.2) is 10.9 Å². The summed E-state index contributed by atoms with van der Waals surface area (Å²) >= 11 is 0. The van der Waals surface area contributed by atoms with Crippen molar-refractivity contribution in [1.82, 2.24) is 29.0 Å². The predicted octanol–water partition coefficient (Wildman–Crippen LogP) is 4.24. The van der Waals surface area contributed by atoms with E-state index in [-0.39, 0.29) is 11.4 Å². The fourth-order valence-corrected chi connectivity index (χ4v) is 7.10. The predicted molar refractivity (Wildman–Crippen MR) is 152 cm³/mol. The summed E-state index contributed by atoms with van der Waals surface area (Å²) in [5.74, 6) is 0.143. The molecule has 208 valence electrons. The normalized spacial score (nSPS) is 16.3. The SMILES string of the molecule is CCCCCCCCCCn1nc(C)c2c(=O)[nH]c(C(c3ccccc3)S(=O)(=O)N3CCN(C)CC3)nc21. The molecular weight excluding hydrogens is 500 g/mol. The largest absolute Gasteiger partial charge is 0.308 e. The van der Waals surface area contributed by atoms with Crippen LogP contribution in [-0.2, 0) is 16.6 Å². The summed E-state index contributed by atoms with van der Waals surface area (Å²) in [7, 11) is -1.85. The Hall–Kier alpha value is -2.56. The maximum atomic E-state index is 14.0. The second kappa shape index (κ2) is 13.0. The fourth-order valence-electron chi connectivity index (χ4n) is 5.24. The highest BCUT2D eigenvalue weighted by Gasteiger charge is 2.38. The Labute approximate surface area is 226 Å². The molecule has 38 heavy (non-hydrogen) atoms. The molecule has 1 aromatic carbocycles. The van der Waals surface area contributed by atoms with Crippen LogP contribution in [0, 0.1) is 6.92 Å². The lowest BCUT2D eigenvalue weighted by Crippen LogP contribution is -2.48. The van der Waals surface area contributed by atoms with E-state index in [1.807, 2.05) is 25.2 Å². The van der Waals surface area contributed by atoms with E-state index in [0.717, 1.165) is 12.8 Å². The highest BCUT2D eigenvalue weighted by Crippen LogP contribution is 2.31. The highest BCUT2D eigenvalue weighted by atomic mass is 32.2. The number of likely N-dealkylation sites (N-methyl/N-ethyl adjacent to an activating group) is 1. The lowest BCUT2D eigenvalue weighted by atomic mass is 10.1. The number of H-pyrrole nitrogens is 1. The zero-order valence-electron chi connectivity index (χ0n) is 23.0. The van der Waals surface area contributed by atoms with Gasteiger partial charge in [-0.05, 0) is 26.0 Å². The van der Waals surface area contributed by atoms with E-state index in [0.29, 0.717) is 55.0 Å². The van der Waals surface area contributed by atoms with Gasteiger partial charge in [-0.25, -0.2) is 18.1 Å². The molecule has 1 fully saturated rings. The summed E-state index contributed by atoms with van der Waals surface area (Å²) in [5, 5.41) is 3.94. The molecule has 2 aromatic heterocycles. The van der Waals surface area contributed by atoms with Crippen LogP contribution in [0.3, 0.4) is 0 Å². The molecular formula is C28H42N6O3S. The third-order valence-electron chi connectivity index (χ3n) is 7.49. The molecule has 1 N–H and O–H groups in total. The van der Waals surface area contributed by atoms with Crippen LogP contribution < -0.4 is 5.56 Å². The van der Waals surface area contributed by atoms with E-state index in [1.54, 1.807) is 23.7 Å². The van der Waals surface area contributed by atoms with Crippen LogP contribution in [-0.4, -0.2) is 70.6 Å². The molecule has 1 saturated heterocycles. The van der Waals surface area contributed by atoms with Gasteiger partial charge >= 0.3 is 0 Å². The monoisotopic (exact) mass is 542 g/mol. The van der Waals surface area contributed by atoms with Crippen molar-refractivity contribution < 1.29 is 8.42 Å². The Balaban J connectivity index is 1.63. The Bertz CT molecular complexity index is 1340. The number of aromatic nitrogens is 4. The van der Waals surface area contributed by atoms with Gasteiger partial charge in [-0.3, -0.25) is 4.79 Å². The number of aromatic amines is 1. The summed E-state index contributed by atoms with van der Waals surface area (Å²) in [4.78, 5) is 23.0. The Morgan fingerprint density at radius 1 is 0.947 bits per heavy atom. The van der Waals surface area contributed by atoms with Crippen molar-refractivity contribution >= 4 is 21.1 Å². The number of sulfonamides is 1. The van der Waals surface area contributed by atoms with Crippen molar-refractivity contribution in [2.45, 2.75) is 77.0 Å². The zero-order chi connectivity index (χ0) is 27.1. The fraction of sp³-hybridized carbons (Fsp3) is 0.607. The van der Waals surface area contributed by atoms with Gasteiger partial charge in [0.25, 0.3) is 5.56 Å². The first kappa shape index (κ1) is 28.4. The molecule has 0 amide bonds. The highest BCUT2D eigenvalue weighted by molar-refractivity contribution is 7.89. The van der Waals surface area contributed by atoms with Crippen LogP contribution in [0.15, 0.2) is 35.1 Å². The number of benzene rings is 1. The Kier molecular flexibility index (Phi) is 9.73. The molecule has 9 nitrogen and oxygen atoms in total. The standard InChI is InChI=1S/C28H42N6O3S/c1-4-5-6-7-8-9-10-14-17-34-27-24(22(2)31-34)28(35)30-26(29-27)25(23-15-12-11-13-16-23)38(36,37)33-20-18-32(3)19-21-33/h11-13,15-16,25H,4-10,14,17-21H2,1-3H3,(H,29,30,35). The molecule has 1 atom stereocenters. The quantitative estimate of drug-likeness (QED) is 0.324. The van der Waals surface area contributed by atoms with Gasteiger partial charge in [0.05, 0.1) is 5.69 Å². The lowest BCUT2D eigenvalue weighted by Gasteiger charge is -2.34. The van der Waals surface area contributed by atoms with Crippen molar-refractivity contribution in [1.29, 1.82) is 0 Å². The Morgan fingerprint density at radius 3 is 2.24 bits per heavy atom. The third-order valence-corrected chi connectivity index (χ3v) is 9.67. The summed E-state index contributed by atoms with van der Waals surface area (Å²) in [6.45, 7) is 6.82. The van der Waals surface area contributed by atoms with Crippen molar-refractivity contribution in [3.63, 3.8) is 0 Å². The van der Waals surface area contributed by atoms with E-state index >= 15 is 0 Å². The van der Waals surface area contributed by atoms with Crippen molar-refractivity contribution in [2.24, 2.45) is 0 Å². The number of unbranched alkanes of at least 4 members (excludes halogenated alkanes) is 7. The molecule has 0 aliphatic carbocycles. The molecule has 1 unspecified atom stereocenters. The van der Waals surface area contributed by atoms with Crippen LogP contribution in [0.5, 0.6) is 0 Å². The first-order valence-corrected chi connectivity index (χ1v) is 15.5.